The highest BCUT2D eigenvalue weighted by Crippen LogP contribution is 2.36. The lowest BCUT2D eigenvalue weighted by Gasteiger charge is -2.40. The summed E-state index contributed by atoms with van der Waals surface area (Å²) >= 11 is 0. The van der Waals surface area contributed by atoms with Crippen molar-refractivity contribution >= 4 is 0 Å². The number of hydrogen-bond acceptors (Lipinski definition) is 2. The fraction of sp³-hybridized carbons (Fsp3) is 1.00. The van der Waals surface area contributed by atoms with Gasteiger partial charge >= 0.3 is 0 Å². The standard InChI is InChI=1S/C16H30N2/c1-2-5-15(6-3-1)7-12-18-11-4-8-16(14-18)9-10-17-13-16/h15,17H,1-14H2/t16-/m0/s1. The van der Waals surface area contributed by atoms with Crippen molar-refractivity contribution < 1.29 is 0 Å². The van der Waals surface area contributed by atoms with Gasteiger partial charge in [0, 0.05) is 13.1 Å². The van der Waals surface area contributed by atoms with E-state index >= 15 is 0 Å². The van der Waals surface area contributed by atoms with E-state index < -0.39 is 0 Å². The molecule has 104 valence electrons. The molecule has 3 aliphatic rings. The van der Waals surface area contributed by atoms with Crippen molar-refractivity contribution in [2.75, 3.05) is 32.7 Å². The Bertz CT molecular complexity index is 252. The molecule has 3 fully saturated rings. The van der Waals surface area contributed by atoms with Gasteiger partial charge < -0.3 is 10.2 Å². The minimum Gasteiger partial charge on any atom is -0.316 e. The van der Waals surface area contributed by atoms with Crippen molar-refractivity contribution in [3.8, 4) is 0 Å². The molecule has 0 amide bonds. The van der Waals surface area contributed by atoms with Crippen LogP contribution in [-0.4, -0.2) is 37.6 Å². The van der Waals surface area contributed by atoms with Crippen LogP contribution in [0.2, 0.25) is 0 Å². The molecule has 1 aliphatic carbocycles. The Hall–Kier alpha value is -0.0800. The van der Waals surface area contributed by atoms with Gasteiger partial charge in [0.05, 0.1) is 0 Å². The minimum absolute atomic E-state index is 0.658. The highest BCUT2D eigenvalue weighted by atomic mass is 15.1. The molecule has 2 heteroatoms. The molecule has 2 saturated heterocycles. The van der Waals surface area contributed by atoms with E-state index in [9.17, 15) is 0 Å². The summed E-state index contributed by atoms with van der Waals surface area (Å²) in [5, 5.41) is 3.58. The topological polar surface area (TPSA) is 15.3 Å². The number of rotatable bonds is 3. The molecule has 0 bridgehead atoms. The lowest BCUT2D eigenvalue weighted by molar-refractivity contribution is 0.0958. The second kappa shape index (κ2) is 5.92. The highest BCUT2D eigenvalue weighted by Gasteiger charge is 2.37. The van der Waals surface area contributed by atoms with Crippen LogP contribution in [0.15, 0.2) is 0 Å². The summed E-state index contributed by atoms with van der Waals surface area (Å²) < 4.78 is 0. The van der Waals surface area contributed by atoms with Crippen molar-refractivity contribution in [2.45, 2.75) is 57.8 Å². The SMILES string of the molecule is C1CCC(CCN2CCC[C@@]3(CCNC3)C2)CC1. The summed E-state index contributed by atoms with van der Waals surface area (Å²) in [4.78, 5) is 2.78. The van der Waals surface area contributed by atoms with Crippen LogP contribution in [0.4, 0.5) is 0 Å². The molecular formula is C16H30N2. The molecule has 1 saturated carbocycles. The summed E-state index contributed by atoms with van der Waals surface area (Å²) in [5.74, 6) is 1.05. The van der Waals surface area contributed by atoms with Gasteiger partial charge in [-0.3, -0.25) is 0 Å². The van der Waals surface area contributed by atoms with E-state index in [0.717, 1.165) is 5.92 Å². The van der Waals surface area contributed by atoms with Gasteiger partial charge in [-0.15, -0.1) is 0 Å². The molecule has 2 heterocycles. The Kier molecular flexibility index (Phi) is 4.25. The Morgan fingerprint density at radius 1 is 1.06 bits per heavy atom. The first kappa shape index (κ1) is 12.9. The Balaban J connectivity index is 1.44. The van der Waals surface area contributed by atoms with Crippen molar-refractivity contribution in [3.63, 3.8) is 0 Å². The third-order valence-corrected chi connectivity index (χ3v) is 5.65. The van der Waals surface area contributed by atoms with E-state index in [-0.39, 0.29) is 0 Å². The highest BCUT2D eigenvalue weighted by molar-refractivity contribution is 4.93. The van der Waals surface area contributed by atoms with Crippen LogP contribution in [0, 0.1) is 11.3 Å². The molecule has 0 unspecified atom stereocenters. The van der Waals surface area contributed by atoms with E-state index in [2.05, 4.69) is 10.2 Å². The monoisotopic (exact) mass is 250 g/mol. The maximum Gasteiger partial charge on any atom is 0.00506 e. The summed E-state index contributed by atoms with van der Waals surface area (Å²) in [6.45, 7) is 6.68. The van der Waals surface area contributed by atoms with Crippen molar-refractivity contribution in [3.05, 3.63) is 0 Å². The quantitative estimate of drug-likeness (QED) is 0.828. The van der Waals surface area contributed by atoms with Gasteiger partial charge in [0.1, 0.15) is 0 Å². The molecule has 0 aromatic carbocycles. The summed E-state index contributed by atoms with van der Waals surface area (Å²) in [7, 11) is 0. The van der Waals surface area contributed by atoms with Gasteiger partial charge in [-0.05, 0) is 56.7 Å². The van der Waals surface area contributed by atoms with E-state index in [1.807, 2.05) is 0 Å². The smallest absolute Gasteiger partial charge is 0.00506 e. The zero-order valence-electron chi connectivity index (χ0n) is 11.9. The molecule has 1 N–H and O–H groups in total. The minimum atomic E-state index is 0.658. The molecule has 1 atom stereocenters. The van der Waals surface area contributed by atoms with E-state index in [1.165, 1.54) is 90.5 Å². The largest absolute Gasteiger partial charge is 0.316 e. The number of nitrogens with zero attached hydrogens (tertiary/aromatic N) is 1. The first-order chi connectivity index (χ1) is 8.86. The normalized spacial score (nSPS) is 35.3. The first-order valence-electron chi connectivity index (χ1n) is 8.29. The van der Waals surface area contributed by atoms with E-state index in [1.54, 1.807) is 0 Å². The molecular weight excluding hydrogens is 220 g/mol. The fourth-order valence-corrected chi connectivity index (χ4v) is 4.49. The lowest BCUT2D eigenvalue weighted by Crippen LogP contribution is -2.45. The van der Waals surface area contributed by atoms with E-state index in [4.69, 9.17) is 0 Å². The zero-order valence-corrected chi connectivity index (χ0v) is 11.9. The average molecular weight is 250 g/mol. The predicted octanol–water partition coefficient (Wildman–Crippen LogP) is 3.03. The van der Waals surface area contributed by atoms with Crippen LogP contribution in [0.5, 0.6) is 0 Å². The Labute approximate surface area is 113 Å². The van der Waals surface area contributed by atoms with Crippen LogP contribution >= 0.6 is 0 Å². The maximum absolute atomic E-state index is 3.58. The summed E-state index contributed by atoms with van der Waals surface area (Å²) in [6.07, 6.45) is 13.3. The van der Waals surface area contributed by atoms with Gasteiger partial charge in [-0.25, -0.2) is 0 Å². The molecule has 3 rings (SSSR count). The van der Waals surface area contributed by atoms with Gasteiger partial charge in [-0.2, -0.15) is 0 Å². The van der Waals surface area contributed by atoms with Gasteiger partial charge in [-0.1, -0.05) is 32.1 Å². The molecule has 2 nitrogen and oxygen atoms in total. The second-order valence-corrected chi connectivity index (χ2v) is 7.10. The number of likely N-dealkylation sites (tertiary alicyclic amines) is 1. The number of nitrogens with one attached hydrogen (secondary N) is 1. The molecule has 0 aromatic rings. The van der Waals surface area contributed by atoms with Crippen LogP contribution in [0.1, 0.15) is 57.8 Å². The summed E-state index contributed by atoms with van der Waals surface area (Å²) in [5.41, 5.74) is 0.658. The molecule has 1 spiro atoms. The second-order valence-electron chi connectivity index (χ2n) is 7.10. The zero-order chi connectivity index (χ0) is 12.3. The van der Waals surface area contributed by atoms with Crippen LogP contribution < -0.4 is 5.32 Å². The average Bonchev–Trinajstić information content (AvgIpc) is 2.86. The van der Waals surface area contributed by atoms with Crippen LogP contribution in [0.3, 0.4) is 0 Å². The van der Waals surface area contributed by atoms with Crippen molar-refractivity contribution in [2.24, 2.45) is 11.3 Å². The van der Waals surface area contributed by atoms with Gasteiger partial charge in [0.2, 0.25) is 0 Å². The molecule has 0 radical (unpaired) electrons. The Morgan fingerprint density at radius 3 is 2.72 bits per heavy atom. The number of piperidine rings is 1. The Morgan fingerprint density at radius 2 is 1.94 bits per heavy atom. The predicted molar refractivity (Wildman–Crippen MR) is 76.8 cm³/mol. The number of hydrogen-bond donors (Lipinski definition) is 1. The molecule has 18 heavy (non-hydrogen) atoms. The molecule has 0 aromatic heterocycles. The van der Waals surface area contributed by atoms with Gasteiger partial charge in [0.25, 0.3) is 0 Å². The van der Waals surface area contributed by atoms with E-state index in [0.29, 0.717) is 5.41 Å². The first-order valence-corrected chi connectivity index (χ1v) is 8.29. The van der Waals surface area contributed by atoms with Crippen LogP contribution in [-0.2, 0) is 0 Å². The third-order valence-electron chi connectivity index (χ3n) is 5.65. The maximum atomic E-state index is 3.58. The fourth-order valence-electron chi connectivity index (χ4n) is 4.49. The van der Waals surface area contributed by atoms with Crippen molar-refractivity contribution in [1.82, 2.24) is 10.2 Å². The lowest BCUT2D eigenvalue weighted by atomic mass is 9.79. The summed E-state index contributed by atoms with van der Waals surface area (Å²) in [6, 6.07) is 0. The molecule has 2 aliphatic heterocycles. The third kappa shape index (κ3) is 3.08. The van der Waals surface area contributed by atoms with Crippen molar-refractivity contribution in [1.29, 1.82) is 0 Å². The van der Waals surface area contributed by atoms with Gasteiger partial charge in [0.15, 0.2) is 0 Å². The van der Waals surface area contributed by atoms with Crippen LogP contribution in [0.25, 0.3) is 0 Å².